The Labute approximate surface area is 104 Å². The molecule has 1 aromatic heterocycles. The van der Waals surface area contributed by atoms with E-state index in [9.17, 15) is 8.42 Å². The first-order chi connectivity index (χ1) is 8.09. The summed E-state index contributed by atoms with van der Waals surface area (Å²) in [6.07, 6.45) is 1.45. The molecule has 2 rings (SSSR count). The van der Waals surface area contributed by atoms with E-state index in [4.69, 9.17) is 10.4 Å². The maximum atomic E-state index is 12.2. The molecular formula is C10H12N2O3S2. The molecule has 1 atom stereocenters. The van der Waals surface area contributed by atoms with Crippen LogP contribution in [0.4, 0.5) is 0 Å². The van der Waals surface area contributed by atoms with Crippen molar-refractivity contribution in [2.75, 3.05) is 13.2 Å². The van der Waals surface area contributed by atoms with Crippen molar-refractivity contribution in [2.24, 2.45) is 0 Å². The molecule has 0 aliphatic carbocycles. The third-order valence-corrected chi connectivity index (χ3v) is 6.20. The summed E-state index contributed by atoms with van der Waals surface area (Å²) < 4.78 is 26.0. The van der Waals surface area contributed by atoms with Crippen LogP contribution in [0.3, 0.4) is 0 Å². The number of aliphatic hydroxyl groups is 1. The minimum atomic E-state index is -3.55. The van der Waals surface area contributed by atoms with Gasteiger partial charge in [0.25, 0.3) is 10.0 Å². The number of hydrogen-bond donors (Lipinski definition) is 1. The molecule has 5 nitrogen and oxygen atoms in total. The van der Waals surface area contributed by atoms with Crippen LogP contribution in [0, 0.1) is 11.3 Å². The third-order valence-electron chi connectivity index (χ3n) is 2.79. The quantitative estimate of drug-likeness (QED) is 0.881. The molecule has 1 aromatic rings. The minimum Gasteiger partial charge on any atom is -0.395 e. The number of sulfonamides is 1. The summed E-state index contributed by atoms with van der Waals surface area (Å²) in [7, 11) is -3.55. The Balaban J connectivity index is 2.33. The van der Waals surface area contributed by atoms with Gasteiger partial charge in [-0.15, -0.1) is 11.3 Å². The topological polar surface area (TPSA) is 81.4 Å². The summed E-state index contributed by atoms with van der Waals surface area (Å²) in [4.78, 5) is 0.378. The Morgan fingerprint density at radius 2 is 2.35 bits per heavy atom. The molecule has 0 bridgehead atoms. The normalized spacial score (nSPS) is 21.5. The second-order valence-corrected chi connectivity index (χ2v) is 7.03. The molecular weight excluding hydrogens is 260 g/mol. The van der Waals surface area contributed by atoms with Crippen LogP contribution >= 0.6 is 11.3 Å². The predicted octanol–water partition coefficient (Wildman–Crippen LogP) is 0.765. The molecule has 1 N–H and O–H groups in total. The highest BCUT2D eigenvalue weighted by Gasteiger charge is 2.35. The van der Waals surface area contributed by atoms with Crippen LogP contribution in [0.15, 0.2) is 16.3 Å². The second-order valence-electron chi connectivity index (χ2n) is 3.82. The van der Waals surface area contributed by atoms with Crippen LogP contribution < -0.4 is 0 Å². The fraction of sp³-hybridized carbons (Fsp3) is 0.500. The fourth-order valence-corrected chi connectivity index (χ4v) is 4.86. The highest BCUT2D eigenvalue weighted by molar-refractivity contribution is 7.91. The van der Waals surface area contributed by atoms with Crippen molar-refractivity contribution < 1.29 is 13.5 Å². The van der Waals surface area contributed by atoms with Gasteiger partial charge in [0.1, 0.15) is 15.2 Å². The number of rotatable bonds is 3. The van der Waals surface area contributed by atoms with Crippen LogP contribution in [0.25, 0.3) is 0 Å². The lowest BCUT2D eigenvalue weighted by Crippen LogP contribution is -2.37. The molecule has 7 heteroatoms. The number of thiophene rings is 1. The highest BCUT2D eigenvalue weighted by Crippen LogP contribution is 2.29. The SMILES string of the molecule is N#Cc1ccc(S(=O)(=O)N2CCCC2CO)s1. The monoisotopic (exact) mass is 272 g/mol. The summed E-state index contributed by atoms with van der Waals surface area (Å²) in [5, 5.41) is 17.8. The van der Waals surface area contributed by atoms with E-state index in [0.29, 0.717) is 17.8 Å². The van der Waals surface area contributed by atoms with Gasteiger partial charge in [-0.2, -0.15) is 9.57 Å². The van der Waals surface area contributed by atoms with Crippen LogP contribution in [0.1, 0.15) is 17.7 Å². The third kappa shape index (κ3) is 2.21. The maximum Gasteiger partial charge on any atom is 0.252 e. The van der Waals surface area contributed by atoms with Gasteiger partial charge in [0.2, 0.25) is 0 Å². The summed E-state index contributed by atoms with van der Waals surface area (Å²) in [6, 6.07) is 4.55. The molecule has 0 aromatic carbocycles. The van der Waals surface area contributed by atoms with E-state index in [1.165, 1.54) is 16.4 Å². The van der Waals surface area contributed by atoms with Gasteiger partial charge in [-0.05, 0) is 25.0 Å². The van der Waals surface area contributed by atoms with Gasteiger partial charge in [-0.25, -0.2) is 8.42 Å². The number of aliphatic hydroxyl groups excluding tert-OH is 1. The summed E-state index contributed by atoms with van der Waals surface area (Å²) in [5.74, 6) is 0. The number of hydrogen-bond acceptors (Lipinski definition) is 5. The smallest absolute Gasteiger partial charge is 0.252 e. The van der Waals surface area contributed by atoms with Crippen molar-refractivity contribution in [1.82, 2.24) is 4.31 Å². The van der Waals surface area contributed by atoms with Crippen molar-refractivity contribution in [1.29, 1.82) is 5.26 Å². The molecule has 0 saturated carbocycles. The average Bonchev–Trinajstić information content (AvgIpc) is 2.97. The van der Waals surface area contributed by atoms with Gasteiger partial charge in [0.15, 0.2) is 0 Å². The Kier molecular flexibility index (Phi) is 3.49. The summed E-state index contributed by atoms with van der Waals surface area (Å²) in [6.45, 7) is 0.281. The Morgan fingerprint density at radius 3 is 2.94 bits per heavy atom. The zero-order chi connectivity index (χ0) is 12.5. The van der Waals surface area contributed by atoms with E-state index in [1.807, 2.05) is 6.07 Å². The van der Waals surface area contributed by atoms with Gasteiger partial charge in [-0.3, -0.25) is 0 Å². The first-order valence-corrected chi connectivity index (χ1v) is 7.48. The molecule has 2 heterocycles. The van der Waals surface area contributed by atoms with Crippen molar-refractivity contribution in [3.05, 3.63) is 17.0 Å². The Morgan fingerprint density at radius 1 is 1.59 bits per heavy atom. The minimum absolute atomic E-state index is 0.157. The molecule has 1 unspecified atom stereocenters. The van der Waals surface area contributed by atoms with E-state index in [2.05, 4.69) is 0 Å². The Bertz CT molecular complexity index is 544. The first kappa shape index (κ1) is 12.5. The molecule has 1 aliphatic rings. The number of nitrogens with zero attached hydrogens (tertiary/aromatic N) is 2. The van der Waals surface area contributed by atoms with E-state index < -0.39 is 10.0 Å². The first-order valence-electron chi connectivity index (χ1n) is 5.22. The molecule has 17 heavy (non-hydrogen) atoms. The van der Waals surface area contributed by atoms with Crippen LogP contribution in [0.2, 0.25) is 0 Å². The van der Waals surface area contributed by atoms with E-state index in [0.717, 1.165) is 17.8 Å². The summed E-state index contributed by atoms with van der Waals surface area (Å²) >= 11 is 0.967. The molecule has 1 aliphatic heterocycles. The molecule has 0 amide bonds. The zero-order valence-corrected chi connectivity index (χ0v) is 10.7. The van der Waals surface area contributed by atoms with Gasteiger partial charge in [-0.1, -0.05) is 0 Å². The maximum absolute atomic E-state index is 12.2. The van der Waals surface area contributed by atoms with E-state index in [-0.39, 0.29) is 16.9 Å². The van der Waals surface area contributed by atoms with Crippen LogP contribution in [0.5, 0.6) is 0 Å². The van der Waals surface area contributed by atoms with Crippen molar-refractivity contribution in [3.8, 4) is 6.07 Å². The van der Waals surface area contributed by atoms with Crippen LogP contribution in [-0.2, 0) is 10.0 Å². The lowest BCUT2D eigenvalue weighted by Gasteiger charge is -2.21. The molecule has 1 saturated heterocycles. The van der Waals surface area contributed by atoms with Gasteiger partial charge in [0, 0.05) is 12.6 Å². The van der Waals surface area contributed by atoms with Crippen molar-refractivity contribution in [3.63, 3.8) is 0 Å². The van der Waals surface area contributed by atoms with E-state index >= 15 is 0 Å². The Hall–Kier alpha value is -0.940. The molecule has 0 spiro atoms. The van der Waals surface area contributed by atoms with Gasteiger partial charge >= 0.3 is 0 Å². The standard InChI is InChI=1S/C10H12N2O3S2/c11-6-9-3-4-10(16-9)17(14,15)12-5-1-2-8(12)7-13/h3-4,8,13H,1-2,5,7H2. The average molecular weight is 272 g/mol. The van der Waals surface area contributed by atoms with Crippen molar-refractivity contribution >= 4 is 21.4 Å². The fourth-order valence-electron chi connectivity index (χ4n) is 1.94. The molecule has 92 valence electrons. The predicted molar refractivity (Wildman–Crippen MR) is 63.0 cm³/mol. The van der Waals surface area contributed by atoms with Crippen LogP contribution in [-0.4, -0.2) is 37.0 Å². The lowest BCUT2D eigenvalue weighted by molar-refractivity contribution is 0.213. The molecule has 1 fully saturated rings. The highest BCUT2D eigenvalue weighted by atomic mass is 32.2. The largest absolute Gasteiger partial charge is 0.395 e. The van der Waals surface area contributed by atoms with Gasteiger partial charge in [0.05, 0.1) is 6.61 Å². The van der Waals surface area contributed by atoms with Gasteiger partial charge < -0.3 is 5.11 Å². The van der Waals surface area contributed by atoms with Crippen molar-refractivity contribution in [2.45, 2.75) is 23.1 Å². The van der Waals surface area contributed by atoms with E-state index in [1.54, 1.807) is 0 Å². The lowest BCUT2D eigenvalue weighted by atomic mass is 10.2. The second kappa shape index (κ2) is 4.74. The molecule has 0 radical (unpaired) electrons. The summed E-state index contributed by atoms with van der Waals surface area (Å²) in [5.41, 5.74) is 0. The number of nitriles is 1. The zero-order valence-electron chi connectivity index (χ0n) is 9.04.